The summed E-state index contributed by atoms with van der Waals surface area (Å²) in [7, 11) is -1.26. The fourth-order valence-corrected chi connectivity index (χ4v) is 2.88. The Bertz CT molecular complexity index is 756. The number of carbonyl (C=O) groups excluding carboxylic acids is 1. The molecule has 2 rings (SSSR count). The van der Waals surface area contributed by atoms with Gasteiger partial charge in [0.15, 0.2) is 0 Å². The first-order valence-electron chi connectivity index (χ1n) is 7.46. The van der Waals surface area contributed by atoms with Gasteiger partial charge in [-0.1, -0.05) is 37.8 Å². The third-order valence-corrected chi connectivity index (χ3v) is 5.13. The molecular formula is C17H21NO4Si. The van der Waals surface area contributed by atoms with Gasteiger partial charge in [-0.3, -0.25) is 4.57 Å². The predicted octanol–water partition coefficient (Wildman–Crippen LogP) is 4.06. The van der Waals surface area contributed by atoms with Crippen LogP contribution in [0.3, 0.4) is 0 Å². The number of carboxylic acid groups (broad SMARTS) is 1. The van der Waals surface area contributed by atoms with Crippen LogP contribution in [-0.2, 0) is 9.53 Å². The summed E-state index contributed by atoms with van der Waals surface area (Å²) >= 11 is 0. The van der Waals surface area contributed by atoms with Gasteiger partial charge in [-0.05, 0) is 18.2 Å². The quantitative estimate of drug-likeness (QED) is 0.662. The van der Waals surface area contributed by atoms with Gasteiger partial charge in [-0.15, -0.1) is 0 Å². The maximum Gasteiger partial charge on any atom is 0.418 e. The number of benzene rings is 1. The third kappa shape index (κ3) is 4.56. The van der Waals surface area contributed by atoms with E-state index in [1.807, 2.05) is 24.3 Å². The summed E-state index contributed by atoms with van der Waals surface area (Å²) < 4.78 is 6.80. The first-order chi connectivity index (χ1) is 10.8. The van der Waals surface area contributed by atoms with Gasteiger partial charge < -0.3 is 9.84 Å². The highest BCUT2D eigenvalue weighted by atomic mass is 28.3. The largest absolute Gasteiger partial charge is 0.478 e. The van der Waals surface area contributed by atoms with Crippen molar-refractivity contribution < 1.29 is 19.4 Å². The highest BCUT2D eigenvalue weighted by Crippen LogP contribution is 2.23. The molecule has 0 amide bonds. The standard InChI is InChI=1S/C17H21NO4Si/c1-23(2,3)11-10-22-17(21)18-12-13(8-9-16(19)20)14-6-4-5-7-15(14)18/h4-9,12H,10-11H2,1-3H3,(H,19,20)/b9-8+. The Morgan fingerprint density at radius 3 is 2.61 bits per heavy atom. The average molecular weight is 331 g/mol. The number of carbonyl (C=O) groups is 2. The number of fused-ring (bicyclic) bond motifs is 1. The molecule has 0 spiro atoms. The molecule has 0 saturated heterocycles. The maximum atomic E-state index is 12.3. The van der Waals surface area contributed by atoms with Crippen molar-refractivity contribution in [3.05, 3.63) is 42.1 Å². The number of nitrogens with zero attached hydrogens (tertiary/aromatic N) is 1. The van der Waals surface area contributed by atoms with Crippen molar-refractivity contribution in [3.8, 4) is 0 Å². The first-order valence-corrected chi connectivity index (χ1v) is 11.2. The van der Waals surface area contributed by atoms with E-state index in [9.17, 15) is 9.59 Å². The van der Waals surface area contributed by atoms with Crippen LogP contribution >= 0.6 is 0 Å². The second-order valence-corrected chi connectivity index (χ2v) is 12.2. The van der Waals surface area contributed by atoms with Crippen molar-refractivity contribution in [1.29, 1.82) is 0 Å². The lowest BCUT2D eigenvalue weighted by atomic mass is 10.1. The van der Waals surface area contributed by atoms with E-state index in [2.05, 4.69) is 19.6 Å². The van der Waals surface area contributed by atoms with Crippen LogP contribution in [0.5, 0.6) is 0 Å². The zero-order valence-electron chi connectivity index (χ0n) is 13.6. The lowest BCUT2D eigenvalue weighted by Gasteiger charge is -2.15. The number of ether oxygens (including phenoxy) is 1. The van der Waals surface area contributed by atoms with Crippen molar-refractivity contribution in [3.63, 3.8) is 0 Å². The summed E-state index contributed by atoms with van der Waals surface area (Å²) in [5.74, 6) is -1.03. The van der Waals surface area contributed by atoms with Crippen molar-refractivity contribution >= 4 is 37.1 Å². The van der Waals surface area contributed by atoms with Gasteiger partial charge in [0.05, 0.1) is 12.1 Å². The molecule has 0 aliphatic carbocycles. The molecule has 2 aromatic rings. The molecule has 0 bridgehead atoms. The smallest absolute Gasteiger partial charge is 0.418 e. The van der Waals surface area contributed by atoms with E-state index in [0.29, 0.717) is 17.7 Å². The van der Waals surface area contributed by atoms with Crippen LogP contribution in [0, 0.1) is 0 Å². The normalized spacial score (nSPS) is 12.0. The summed E-state index contributed by atoms with van der Waals surface area (Å²) in [6.07, 6.45) is 3.72. The average Bonchev–Trinajstić information content (AvgIpc) is 2.82. The highest BCUT2D eigenvalue weighted by Gasteiger charge is 2.16. The minimum Gasteiger partial charge on any atom is -0.478 e. The molecule has 1 aromatic heterocycles. The van der Waals surface area contributed by atoms with Gasteiger partial charge in [0.1, 0.15) is 0 Å². The summed E-state index contributed by atoms with van der Waals surface area (Å²) in [6.45, 7) is 7.07. The van der Waals surface area contributed by atoms with Crippen molar-refractivity contribution in [1.82, 2.24) is 4.57 Å². The van der Waals surface area contributed by atoms with Crippen LogP contribution in [0.1, 0.15) is 5.56 Å². The second-order valence-electron chi connectivity index (χ2n) is 6.57. The topological polar surface area (TPSA) is 68.5 Å². The van der Waals surface area contributed by atoms with E-state index < -0.39 is 20.1 Å². The van der Waals surface area contributed by atoms with Crippen LogP contribution in [0.25, 0.3) is 17.0 Å². The Labute approximate surface area is 136 Å². The molecule has 1 heterocycles. The van der Waals surface area contributed by atoms with E-state index in [4.69, 9.17) is 9.84 Å². The Morgan fingerprint density at radius 2 is 1.96 bits per heavy atom. The molecule has 0 aliphatic rings. The summed E-state index contributed by atoms with van der Waals surface area (Å²) in [4.78, 5) is 23.0. The van der Waals surface area contributed by atoms with Gasteiger partial charge >= 0.3 is 12.1 Å². The minimum absolute atomic E-state index is 0.404. The summed E-state index contributed by atoms with van der Waals surface area (Å²) in [6, 6.07) is 8.25. The Balaban J connectivity index is 2.26. The molecule has 122 valence electrons. The molecule has 5 nitrogen and oxygen atoms in total. The molecule has 0 unspecified atom stereocenters. The lowest BCUT2D eigenvalue weighted by Crippen LogP contribution is -2.23. The van der Waals surface area contributed by atoms with Crippen molar-refractivity contribution in [2.24, 2.45) is 0 Å². The second kappa shape index (κ2) is 6.83. The van der Waals surface area contributed by atoms with E-state index in [-0.39, 0.29) is 0 Å². The van der Waals surface area contributed by atoms with Crippen molar-refractivity contribution in [2.45, 2.75) is 25.7 Å². The molecule has 23 heavy (non-hydrogen) atoms. The van der Waals surface area contributed by atoms with Gasteiger partial charge in [0.2, 0.25) is 0 Å². The van der Waals surface area contributed by atoms with Gasteiger partial charge in [-0.2, -0.15) is 0 Å². The molecular weight excluding hydrogens is 310 g/mol. The van der Waals surface area contributed by atoms with Crippen molar-refractivity contribution in [2.75, 3.05) is 6.61 Å². The zero-order valence-corrected chi connectivity index (χ0v) is 14.6. The fourth-order valence-electron chi connectivity index (χ4n) is 2.16. The predicted molar refractivity (Wildman–Crippen MR) is 93.5 cm³/mol. The number of aliphatic carboxylic acids is 1. The van der Waals surface area contributed by atoms with Gasteiger partial charge in [0, 0.05) is 31.3 Å². The molecule has 0 saturated carbocycles. The van der Waals surface area contributed by atoms with Crippen LogP contribution in [0.15, 0.2) is 36.5 Å². The van der Waals surface area contributed by atoms with Crippen LogP contribution in [0.4, 0.5) is 4.79 Å². The molecule has 0 radical (unpaired) electrons. The molecule has 6 heteroatoms. The zero-order chi connectivity index (χ0) is 17.0. The maximum absolute atomic E-state index is 12.3. The van der Waals surface area contributed by atoms with Gasteiger partial charge in [-0.25, -0.2) is 9.59 Å². The number of para-hydroxylation sites is 1. The number of hydrogen-bond donors (Lipinski definition) is 1. The van der Waals surface area contributed by atoms with Crippen LogP contribution in [0.2, 0.25) is 25.7 Å². The Kier molecular flexibility index (Phi) is 5.05. The molecule has 1 N–H and O–H groups in total. The minimum atomic E-state index is -1.26. The molecule has 1 aromatic carbocycles. The molecule has 0 aliphatic heterocycles. The molecule has 0 atom stereocenters. The van der Waals surface area contributed by atoms with Crippen LogP contribution in [-0.4, -0.2) is 36.4 Å². The van der Waals surface area contributed by atoms with E-state index in [1.165, 1.54) is 10.6 Å². The number of carboxylic acids is 1. The molecule has 0 fully saturated rings. The Morgan fingerprint density at radius 1 is 1.26 bits per heavy atom. The first kappa shape index (κ1) is 17.0. The SMILES string of the molecule is C[Si](C)(C)CCOC(=O)n1cc(/C=C/C(=O)O)c2ccccc21. The Hall–Kier alpha value is -2.34. The summed E-state index contributed by atoms with van der Waals surface area (Å²) in [5.41, 5.74) is 1.38. The number of hydrogen-bond acceptors (Lipinski definition) is 3. The lowest BCUT2D eigenvalue weighted by molar-refractivity contribution is -0.131. The third-order valence-electron chi connectivity index (χ3n) is 3.42. The van der Waals surface area contributed by atoms with E-state index in [1.54, 1.807) is 6.20 Å². The number of rotatable bonds is 5. The van der Waals surface area contributed by atoms with Crippen LogP contribution < -0.4 is 0 Å². The summed E-state index contributed by atoms with van der Waals surface area (Å²) in [5, 5.41) is 9.59. The van der Waals surface area contributed by atoms with E-state index >= 15 is 0 Å². The van der Waals surface area contributed by atoms with Gasteiger partial charge in [0.25, 0.3) is 0 Å². The van der Waals surface area contributed by atoms with E-state index in [0.717, 1.165) is 17.5 Å². The highest BCUT2D eigenvalue weighted by molar-refractivity contribution is 6.76. The fraction of sp³-hybridized carbons (Fsp3) is 0.294. The number of aromatic nitrogens is 1. The monoisotopic (exact) mass is 331 g/mol.